The Hall–Kier alpha value is -2.93. The number of carbonyl (C=O) groups is 1. The molecule has 23 heavy (non-hydrogen) atoms. The monoisotopic (exact) mass is 314 g/mol. The minimum Gasteiger partial charge on any atom is -0.481 e. The third-order valence-electron chi connectivity index (χ3n) is 3.23. The number of ether oxygens (including phenoxy) is 3. The number of hydrogen-bond donors (Lipinski definition) is 0. The van der Waals surface area contributed by atoms with Gasteiger partial charge in [-0.1, -0.05) is 18.2 Å². The lowest BCUT2D eigenvalue weighted by atomic mass is 10.2. The highest BCUT2D eigenvalue weighted by molar-refractivity contribution is 5.89. The molecule has 0 unspecified atom stereocenters. The second kappa shape index (κ2) is 6.45. The van der Waals surface area contributed by atoms with Crippen molar-refractivity contribution in [2.24, 2.45) is 0 Å². The molecule has 0 bridgehead atoms. The van der Waals surface area contributed by atoms with Crippen LogP contribution in [-0.2, 0) is 9.47 Å². The summed E-state index contributed by atoms with van der Waals surface area (Å²) in [6.45, 7) is 0. The van der Waals surface area contributed by atoms with Gasteiger partial charge >= 0.3 is 11.7 Å². The molecule has 0 aliphatic carbocycles. The van der Waals surface area contributed by atoms with Crippen molar-refractivity contribution in [3.63, 3.8) is 0 Å². The molecule has 0 saturated carbocycles. The van der Waals surface area contributed by atoms with Crippen LogP contribution in [0.5, 0.6) is 5.88 Å². The molecule has 0 N–H and O–H groups in total. The second-order valence-electron chi connectivity index (χ2n) is 4.71. The smallest absolute Gasteiger partial charge is 0.353 e. The van der Waals surface area contributed by atoms with E-state index in [-0.39, 0.29) is 5.88 Å². The van der Waals surface area contributed by atoms with E-state index < -0.39 is 24.2 Å². The van der Waals surface area contributed by atoms with Crippen molar-refractivity contribution in [2.45, 2.75) is 12.5 Å². The molecule has 1 aliphatic rings. The number of nitrogens with zero attached hydrogens (tertiary/aromatic N) is 2. The van der Waals surface area contributed by atoms with Crippen molar-refractivity contribution in [1.29, 1.82) is 0 Å². The van der Waals surface area contributed by atoms with Gasteiger partial charge in [-0.2, -0.15) is 4.98 Å². The SMILES string of the molecule is COc1ccn([C@H]2C=C[C@@H](OC(=O)c3ccccc3)O2)c(=O)n1. The first kappa shape index (κ1) is 15.0. The van der Waals surface area contributed by atoms with Gasteiger partial charge in [-0.3, -0.25) is 4.57 Å². The van der Waals surface area contributed by atoms with Crippen molar-refractivity contribution in [1.82, 2.24) is 9.55 Å². The normalized spacial score (nSPS) is 19.5. The molecule has 1 aromatic carbocycles. The number of hydrogen-bond acceptors (Lipinski definition) is 6. The van der Waals surface area contributed by atoms with Crippen LogP contribution in [0.15, 0.2) is 59.5 Å². The molecular weight excluding hydrogens is 300 g/mol. The van der Waals surface area contributed by atoms with Gasteiger partial charge in [-0.25, -0.2) is 9.59 Å². The van der Waals surface area contributed by atoms with E-state index in [2.05, 4.69) is 4.98 Å². The summed E-state index contributed by atoms with van der Waals surface area (Å²) in [5.74, 6) is -0.276. The third kappa shape index (κ3) is 3.29. The molecule has 2 atom stereocenters. The minimum atomic E-state index is -0.860. The maximum Gasteiger partial charge on any atom is 0.353 e. The summed E-state index contributed by atoms with van der Waals surface area (Å²) < 4.78 is 16.9. The number of rotatable bonds is 4. The minimum absolute atomic E-state index is 0.222. The standard InChI is InChI=1S/C16H14N2O5/c1-21-12-9-10-18(16(20)17-12)13-7-8-14(22-13)23-15(19)11-5-3-2-4-6-11/h2-10,13-14H,1H3/t13-,14-/m1/s1. The van der Waals surface area contributed by atoms with E-state index in [9.17, 15) is 9.59 Å². The Morgan fingerprint density at radius 3 is 2.70 bits per heavy atom. The molecule has 1 aromatic heterocycles. The Kier molecular flexibility index (Phi) is 4.20. The lowest BCUT2D eigenvalue weighted by Gasteiger charge is -2.16. The van der Waals surface area contributed by atoms with E-state index in [1.54, 1.807) is 42.5 Å². The van der Waals surface area contributed by atoms with Gasteiger partial charge in [0.05, 0.1) is 12.7 Å². The molecule has 0 radical (unpaired) electrons. The highest BCUT2D eigenvalue weighted by atomic mass is 16.7. The topological polar surface area (TPSA) is 79.6 Å². The van der Waals surface area contributed by atoms with Gasteiger partial charge in [0.25, 0.3) is 0 Å². The average Bonchev–Trinajstić information content (AvgIpc) is 3.03. The maximum atomic E-state index is 12.0. The average molecular weight is 314 g/mol. The predicted octanol–water partition coefficient (Wildman–Crippen LogP) is 1.52. The molecule has 0 spiro atoms. The first-order valence-electron chi connectivity index (χ1n) is 6.90. The quantitative estimate of drug-likeness (QED) is 0.629. The molecule has 2 heterocycles. The van der Waals surface area contributed by atoms with Crippen molar-refractivity contribution in [3.8, 4) is 5.88 Å². The molecule has 0 fully saturated rings. The first-order chi connectivity index (χ1) is 11.2. The number of benzene rings is 1. The van der Waals surface area contributed by atoms with Crippen LogP contribution in [-0.4, -0.2) is 28.9 Å². The zero-order chi connectivity index (χ0) is 16.2. The van der Waals surface area contributed by atoms with E-state index in [1.807, 2.05) is 6.07 Å². The van der Waals surface area contributed by atoms with Gasteiger partial charge in [-0.05, 0) is 24.3 Å². The van der Waals surface area contributed by atoms with Crippen LogP contribution in [0.2, 0.25) is 0 Å². The van der Waals surface area contributed by atoms with Crippen molar-refractivity contribution >= 4 is 5.97 Å². The summed E-state index contributed by atoms with van der Waals surface area (Å²) in [6.07, 6.45) is 3.15. The van der Waals surface area contributed by atoms with E-state index in [0.29, 0.717) is 5.56 Å². The fourth-order valence-corrected chi connectivity index (χ4v) is 2.09. The van der Waals surface area contributed by atoms with Crippen molar-refractivity contribution < 1.29 is 19.0 Å². The molecule has 0 saturated heterocycles. The molecule has 7 heteroatoms. The molecular formula is C16H14N2O5. The van der Waals surface area contributed by atoms with Crippen molar-refractivity contribution in [3.05, 3.63) is 70.8 Å². The second-order valence-corrected chi connectivity index (χ2v) is 4.71. The van der Waals surface area contributed by atoms with Crippen LogP contribution in [0.1, 0.15) is 16.6 Å². The molecule has 0 amide bonds. The predicted molar refractivity (Wildman–Crippen MR) is 80.0 cm³/mol. The van der Waals surface area contributed by atoms with Gasteiger partial charge in [0.2, 0.25) is 12.2 Å². The fraction of sp³-hybridized carbons (Fsp3) is 0.188. The van der Waals surface area contributed by atoms with Crippen LogP contribution < -0.4 is 10.4 Å². The summed E-state index contributed by atoms with van der Waals surface area (Å²) in [7, 11) is 1.43. The Bertz CT molecular complexity index is 785. The Morgan fingerprint density at radius 2 is 2.00 bits per heavy atom. The molecule has 3 rings (SSSR count). The van der Waals surface area contributed by atoms with E-state index in [1.165, 1.54) is 17.9 Å². The van der Waals surface area contributed by atoms with E-state index in [0.717, 1.165) is 0 Å². The van der Waals surface area contributed by atoms with Gasteiger partial charge < -0.3 is 14.2 Å². The van der Waals surface area contributed by atoms with Crippen LogP contribution in [0.4, 0.5) is 0 Å². The number of methoxy groups -OCH3 is 1. The zero-order valence-electron chi connectivity index (χ0n) is 12.3. The van der Waals surface area contributed by atoms with Crippen LogP contribution in [0, 0.1) is 0 Å². The summed E-state index contributed by atoms with van der Waals surface area (Å²) in [5, 5.41) is 0. The molecule has 7 nitrogen and oxygen atoms in total. The summed E-state index contributed by atoms with van der Waals surface area (Å²) in [4.78, 5) is 27.6. The van der Waals surface area contributed by atoms with Gasteiger partial charge in [0, 0.05) is 12.3 Å². The fourth-order valence-electron chi connectivity index (χ4n) is 2.09. The molecule has 2 aromatic rings. The van der Waals surface area contributed by atoms with E-state index >= 15 is 0 Å². The number of aromatic nitrogens is 2. The zero-order valence-corrected chi connectivity index (χ0v) is 12.3. The Balaban J connectivity index is 1.66. The third-order valence-corrected chi connectivity index (χ3v) is 3.23. The van der Waals surface area contributed by atoms with Crippen LogP contribution in [0.3, 0.4) is 0 Å². The summed E-state index contributed by atoms with van der Waals surface area (Å²) >= 11 is 0. The number of esters is 1. The highest BCUT2D eigenvalue weighted by Gasteiger charge is 2.25. The van der Waals surface area contributed by atoms with Crippen LogP contribution >= 0.6 is 0 Å². The summed E-state index contributed by atoms with van der Waals surface area (Å²) in [6, 6.07) is 10.1. The first-order valence-corrected chi connectivity index (χ1v) is 6.90. The molecule has 118 valence electrons. The molecule has 1 aliphatic heterocycles. The lowest BCUT2D eigenvalue weighted by Crippen LogP contribution is -2.28. The number of carbonyl (C=O) groups excluding carboxylic acids is 1. The van der Waals surface area contributed by atoms with Gasteiger partial charge in [0.15, 0.2) is 6.23 Å². The Morgan fingerprint density at radius 1 is 1.22 bits per heavy atom. The lowest BCUT2D eigenvalue weighted by molar-refractivity contribution is -0.108. The van der Waals surface area contributed by atoms with Crippen molar-refractivity contribution in [2.75, 3.05) is 7.11 Å². The van der Waals surface area contributed by atoms with Crippen LogP contribution in [0.25, 0.3) is 0 Å². The largest absolute Gasteiger partial charge is 0.481 e. The van der Waals surface area contributed by atoms with E-state index in [4.69, 9.17) is 14.2 Å². The Labute approximate surface area is 131 Å². The summed E-state index contributed by atoms with van der Waals surface area (Å²) in [5.41, 5.74) is -0.0923. The highest BCUT2D eigenvalue weighted by Crippen LogP contribution is 2.21. The maximum absolute atomic E-state index is 12.0. The van der Waals surface area contributed by atoms with Gasteiger partial charge in [-0.15, -0.1) is 0 Å². The van der Waals surface area contributed by atoms with Gasteiger partial charge in [0.1, 0.15) is 0 Å².